The second-order valence-corrected chi connectivity index (χ2v) is 7.58. The molecule has 0 spiro atoms. The van der Waals surface area contributed by atoms with Crippen molar-refractivity contribution in [1.29, 1.82) is 0 Å². The van der Waals surface area contributed by atoms with Gasteiger partial charge < -0.3 is 14.8 Å². The number of nitrogens with one attached hydrogen (secondary N) is 1. The van der Waals surface area contributed by atoms with Crippen molar-refractivity contribution in [3.8, 4) is 11.5 Å². The van der Waals surface area contributed by atoms with E-state index < -0.39 is 0 Å². The van der Waals surface area contributed by atoms with Crippen LogP contribution < -0.4 is 14.8 Å². The standard InChI is InChI=1S/C18H25NO3S/c1-12-4-3-5-15(13(12)2)19-18(20)11-23-14-6-7-16-17(10-14)22-9-8-21-16/h6-7,10,12-13,15H,3-5,8-9,11H2,1-2H3,(H,19,20)/t12-,13-,15+/m1/s1. The van der Waals surface area contributed by atoms with Gasteiger partial charge in [-0.3, -0.25) is 4.79 Å². The van der Waals surface area contributed by atoms with Gasteiger partial charge in [0.1, 0.15) is 13.2 Å². The Kier molecular flexibility index (Phi) is 5.36. The fourth-order valence-electron chi connectivity index (χ4n) is 3.30. The minimum atomic E-state index is 0.121. The molecule has 2 aliphatic rings. The molecule has 0 radical (unpaired) electrons. The molecule has 3 rings (SSSR count). The SMILES string of the molecule is C[C@@H]1[C@H](C)CCC[C@@H]1NC(=O)CSc1ccc2c(c1)OCCO2. The molecule has 1 aromatic rings. The Morgan fingerprint density at radius 2 is 2.00 bits per heavy atom. The number of rotatable bonds is 4. The molecule has 0 unspecified atom stereocenters. The monoisotopic (exact) mass is 335 g/mol. The molecule has 0 saturated heterocycles. The fourth-order valence-corrected chi connectivity index (χ4v) is 4.03. The van der Waals surface area contributed by atoms with E-state index in [-0.39, 0.29) is 5.91 Å². The summed E-state index contributed by atoms with van der Waals surface area (Å²) in [6.07, 6.45) is 3.59. The Balaban J connectivity index is 1.51. The van der Waals surface area contributed by atoms with Crippen molar-refractivity contribution in [3.63, 3.8) is 0 Å². The lowest BCUT2D eigenvalue weighted by Gasteiger charge is -2.34. The summed E-state index contributed by atoms with van der Waals surface area (Å²) in [5.41, 5.74) is 0. The number of fused-ring (bicyclic) bond motifs is 1. The molecule has 1 amide bonds. The van der Waals surface area contributed by atoms with E-state index in [0.29, 0.717) is 36.8 Å². The number of hydrogen-bond donors (Lipinski definition) is 1. The lowest BCUT2D eigenvalue weighted by Crippen LogP contribution is -2.44. The van der Waals surface area contributed by atoms with E-state index in [9.17, 15) is 4.79 Å². The predicted molar refractivity (Wildman–Crippen MR) is 92.3 cm³/mol. The van der Waals surface area contributed by atoms with Crippen LogP contribution >= 0.6 is 11.8 Å². The van der Waals surface area contributed by atoms with Gasteiger partial charge in [0, 0.05) is 10.9 Å². The Labute approximate surface area is 142 Å². The van der Waals surface area contributed by atoms with Crippen LogP contribution in [0, 0.1) is 11.8 Å². The van der Waals surface area contributed by atoms with E-state index in [0.717, 1.165) is 22.8 Å². The number of hydrogen-bond acceptors (Lipinski definition) is 4. The molecular formula is C18H25NO3S. The van der Waals surface area contributed by atoms with Gasteiger partial charge in [0.25, 0.3) is 0 Å². The lowest BCUT2D eigenvalue weighted by atomic mass is 9.78. The maximum atomic E-state index is 12.2. The number of carbonyl (C=O) groups excluding carboxylic acids is 1. The number of carbonyl (C=O) groups is 1. The van der Waals surface area contributed by atoms with Crippen LogP contribution in [0.25, 0.3) is 0 Å². The maximum absolute atomic E-state index is 12.2. The molecule has 23 heavy (non-hydrogen) atoms. The summed E-state index contributed by atoms with van der Waals surface area (Å²) < 4.78 is 11.1. The Morgan fingerprint density at radius 3 is 2.83 bits per heavy atom. The smallest absolute Gasteiger partial charge is 0.230 e. The van der Waals surface area contributed by atoms with E-state index in [1.807, 2.05) is 18.2 Å². The summed E-state index contributed by atoms with van der Waals surface area (Å²) in [5.74, 6) is 3.38. The molecule has 1 aliphatic carbocycles. The lowest BCUT2D eigenvalue weighted by molar-refractivity contribution is -0.119. The summed E-state index contributed by atoms with van der Waals surface area (Å²) in [4.78, 5) is 13.3. The average Bonchev–Trinajstić information content (AvgIpc) is 2.57. The summed E-state index contributed by atoms with van der Waals surface area (Å²) in [6.45, 7) is 5.72. The van der Waals surface area contributed by atoms with Crippen LogP contribution in [0.5, 0.6) is 11.5 Å². The fraction of sp³-hybridized carbons (Fsp3) is 0.611. The van der Waals surface area contributed by atoms with Gasteiger partial charge in [0.15, 0.2) is 11.5 Å². The topological polar surface area (TPSA) is 47.6 Å². The number of benzene rings is 1. The molecule has 126 valence electrons. The molecule has 1 fully saturated rings. The van der Waals surface area contributed by atoms with Crippen molar-refractivity contribution in [1.82, 2.24) is 5.32 Å². The zero-order valence-electron chi connectivity index (χ0n) is 13.8. The molecule has 1 saturated carbocycles. The van der Waals surface area contributed by atoms with Gasteiger partial charge in [-0.15, -0.1) is 11.8 Å². The highest BCUT2D eigenvalue weighted by Crippen LogP contribution is 2.34. The maximum Gasteiger partial charge on any atom is 0.230 e. The van der Waals surface area contributed by atoms with E-state index >= 15 is 0 Å². The normalized spacial score (nSPS) is 26.6. The van der Waals surface area contributed by atoms with Crippen LogP contribution in [0.3, 0.4) is 0 Å². The molecule has 1 heterocycles. The quantitative estimate of drug-likeness (QED) is 0.856. The summed E-state index contributed by atoms with van der Waals surface area (Å²) in [7, 11) is 0. The third-order valence-electron chi connectivity index (χ3n) is 4.94. The number of thioether (sulfide) groups is 1. The number of ether oxygens (including phenoxy) is 2. The first-order chi connectivity index (χ1) is 11.1. The van der Waals surface area contributed by atoms with Gasteiger partial charge in [-0.1, -0.05) is 26.7 Å². The first kappa shape index (κ1) is 16.5. The first-order valence-corrected chi connectivity index (χ1v) is 9.44. The van der Waals surface area contributed by atoms with E-state index in [1.165, 1.54) is 12.8 Å². The first-order valence-electron chi connectivity index (χ1n) is 8.45. The zero-order chi connectivity index (χ0) is 16.2. The van der Waals surface area contributed by atoms with Gasteiger partial charge in [0.2, 0.25) is 5.91 Å². The highest BCUT2D eigenvalue weighted by molar-refractivity contribution is 8.00. The highest BCUT2D eigenvalue weighted by Gasteiger charge is 2.28. The zero-order valence-corrected chi connectivity index (χ0v) is 14.7. The minimum absolute atomic E-state index is 0.121. The van der Waals surface area contributed by atoms with Crippen LogP contribution in [-0.4, -0.2) is 30.9 Å². The van der Waals surface area contributed by atoms with Crippen LogP contribution in [0.2, 0.25) is 0 Å². The number of amides is 1. The van der Waals surface area contributed by atoms with Gasteiger partial charge in [0.05, 0.1) is 5.75 Å². The van der Waals surface area contributed by atoms with Crippen molar-refractivity contribution < 1.29 is 14.3 Å². The highest BCUT2D eigenvalue weighted by atomic mass is 32.2. The molecule has 4 nitrogen and oxygen atoms in total. The van der Waals surface area contributed by atoms with Crippen LogP contribution in [-0.2, 0) is 4.79 Å². The second kappa shape index (κ2) is 7.47. The van der Waals surface area contributed by atoms with Gasteiger partial charge in [-0.25, -0.2) is 0 Å². The molecule has 1 aliphatic heterocycles. The van der Waals surface area contributed by atoms with E-state index in [2.05, 4.69) is 19.2 Å². The average molecular weight is 335 g/mol. The van der Waals surface area contributed by atoms with Gasteiger partial charge >= 0.3 is 0 Å². The summed E-state index contributed by atoms with van der Waals surface area (Å²) in [6, 6.07) is 6.18. The van der Waals surface area contributed by atoms with Crippen LogP contribution in [0.15, 0.2) is 23.1 Å². The summed E-state index contributed by atoms with van der Waals surface area (Å²) >= 11 is 1.54. The van der Waals surface area contributed by atoms with Crippen molar-refractivity contribution in [3.05, 3.63) is 18.2 Å². The summed E-state index contributed by atoms with van der Waals surface area (Å²) in [5, 5.41) is 3.22. The van der Waals surface area contributed by atoms with Gasteiger partial charge in [-0.2, -0.15) is 0 Å². The van der Waals surface area contributed by atoms with E-state index in [4.69, 9.17) is 9.47 Å². The molecule has 0 aromatic heterocycles. The van der Waals surface area contributed by atoms with Crippen molar-refractivity contribution in [2.45, 2.75) is 44.0 Å². The molecule has 5 heteroatoms. The van der Waals surface area contributed by atoms with Crippen molar-refractivity contribution in [2.24, 2.45) is 11.8 Å². The Morgan fingerprint density at radius 1 is 1.22 bits per heavy atom. The largest absolute Gasteiger partial charge is 0.486 e. The molecule has 1 N–H and O–H groups in total. The third-order valence-corrected chi connectivity index (χ3v) is 5.93. The van der Waals surface area contributed by atoms with Gasteiger partial charge in [-0.05, 0) is 36.5 Å². The molecule has 3 atom stereocenters. The molecule has 0 bridgehead atoms. The van der Waals surface area contributed by atoms with Crippen LogP contribution in [0.4, 0.5) is 0 Å². The third kappa shape index (κ3) is 4.14. The van der Waals surface area contributed by atoms with Crippen molar-refractivity contribution in [2.75, 3.05) is 19.0 Å². The van der Waals surface area contributed by atoms with Crippen molar-refractivity contribution >= 4 is 17.7 Å². The van der Waals surface area contributed by atoms with E-state index in [1.54, 1.807) is 11.8 Å². The molecular weight excluding hydrogens is 310 g/mol. The predicted octanol–water partition coefficient (Wildman–Crippen LogP) is 3.49. The van der Waals surface area contributed by atoms with Crippen LogP contribution in [0.1, 0.15) is 33.1 Å². The Bertz CT molecular complexity index is 563. The second-order valence-electron chi connectivity index (χ2n) is 6.54. The molecule has 1 aromatic carbocycles. The Hall–Kier alpha value is -1.36. The minimum Gasteiger partial charge on any atom is -0.486 e.